The number of ether oxygens (including phenoxy) is 1. The molecule has 0 saturated carbocycles. The molecule has 0 aliphatic carbocycles. The van der Waals surface area contributed by atoms with Crippen molar-refractivity contribution < 1.29 is 4.74 Å². The molecule has 0 amide bonds. The molecule has 2 aromatic carbocycles. The van der Waals surface area contributed by atoms with E-state index in [0.29, 0.717) is 11.4 Å². The Morgan fingerprint density at radius 1 is 1.12 bits per heavy atom. The molecule has 0 aromatic heterocycles. The summed E-state index contributed by atoms with van der Waals surface area (Å²) in [5, 5.41) is 1.90. The zero-order valence-corrected chi connectivity index (χ0v) is 10.0. The summed E-state index contributed by atoms with van der Waals surface area (Å²) in [4.78, 5) is 0. The number of hydrogen-bond donors (Lipinski definition) is 2. The molecule has 0 spiro atoms. The van der Waals surface area contributed by atoms with Crippen molar-refractivity contribution in [1.29, 1.82) is 0 Å². The Balaban J connectivity index is 2.62. The molecule has 0 unspecified atom stereocenters. The van der Waals surface area contributed by atoms with Crippen LogP contribution in [0.5, 0.6) is 5.75 Å². The monoisotopic (exact) mass is 228 g/mol. The van der Waals surface area contributed by atoms with Crippen LogP contribution in [0.2, 0.25) is 0 Å². The third-order valence-electron chi connectivity index (χ3n) is 2.71. The van der Waals surface area contributed by atoms with Gasteiger partial charge in [0.2, 0.25) is 0 Å². The standard InChI is InChI=1S/C14H16N2O/c1-3-9(2)17-14-7-6-13(16)12-8-10(15)4-5-11(12)14/h3-8H,15-16H2,1-2H3. The topological polar surface area (TPSA) is 61.3 Å². The predicted octanol–water partition coefficient (Wildman–Crippen LogP) is 3.31. The normalized spacial score (nSPS) is 11.8. The molecule has 3 nitrogen and oxygen atoms in total. The van der Waals surface area contributed by atoms with Gasteiger partial charge in [-0.1, -0.05) is 0 Å². The van der Waals surface area contributed by atoms with E-state index in [1.807, 2.05) is 50.3 Å². The second kappa shape index (κ2) is 4.37. The van der Waals surface area contributed by atoms with Crippen LogP contribution in [0.15, 0.2) is 42.2 Å². The highest BCUT2D eigenvalue weighted by atomic mass is 16.5. The Labute approximate surface area is 101 Å². The average molecular weight is 228 g/mol. The number of nitrogen functional groups attached to an aromatic ring is 2. The van der Waals surface area contributed by atoms with Gasteiger partial charge in [-0.15, -0.1) is 0 Å². The van der Waals surface area contributed by atoms with Crippen molar-refractivity contribution in [2.75, 3.05) is 11.5 Å². The molecule has 0 radical (unpaired) electrons. The molecule has 0 atom stereocenters. The summed E-state index contributed by atoms with van der Waals surface area (Å²) in [6, 6.07) is 9.35. The second-order valence-electron chi connectivity index (χ2n) is 3.96. The molecule has 0 fully saturated rings. The fourth-order valence-corrected chi connectivity index (χ4v) is 1.68. The van der Waals surface area contributed by atoms with Gasteiger partial charge < -0.3 is 16.2 Å². The minimum atomic E-state index is 0.698. The Morgan fingerprint density at radius 3 is 2.59 bits per heavy atom. The van der Waals surface area contributed by atoms with Gasteiger partial charge in [0.25, 0.3) is 0 Å². The molecular formula is C14H16N2O. The lowest BCUT2D eigenvalue weighted by Gasteiger charge is -2.11. The highest BCUT2D eigenvalue weighted by molar-refractivity contribution is 5.98. The number of nitrogens with two attached hydrogens (primary N) is 2. The molecule has 0 saturated heterocycles. The molecule has 3 heteroatoms. The Morgan fingerprint density at radius 2 is 1.88 bits per heavy atom. The predicted molar refractivity (Wildman–Crippen MR) is 72.8 cm³/mol. The third-order valence-corrected chi connectivity index (χ3v) is 2.71. The number of allylic oxidation sites excluding steroid dienone is 2. The van der Waals surface area contributed by atoms with E-state index in [2.05, 4.69) is 0 Å². The first-order valence-electron chi connectivity index (χ1n) is 5.50. The minimum absolute atomic E-state index is 0.698. The maximum Gasteiger partial charge on any atom is 0.134 e. The fourth-order valence-electron chi connectivity index (χ4n) is 1.68. The van der Waals surface area contributed by atoms with Gasteiger partial charge >= 0.3 is 0 Å². The Hall–Kier alpha value is -2.16. The molecule has 0 bridgehead atoms. The van der Waals surface area contributed by atoms with Crippen molar-refractivity contribution >= 4 is 22.1 Å². The summed E-state index contributed by atoms with van der Waals surface area (Å²) in [6.45, 7) is 3.85. The van der Waals surface area contributed by atoms with Crippen LogP contribution >= 0.6 is 0 Å². The quantitative estimate of drug-likeness (QED) is 0.612. The van der Waals surface area contributed by atoms with E-state index < -0.39 is 0 Å². The third kappa shape index (κ3) is 2.18. The zero-order chi connectivity index (χ0) is 12.4. The van der Waals surface area contributed by atoms with Gasteiger partial charge in [-0.25, -0.2) is 0 Å². The van der Waals surface area contributed by atoms with Crippen LogP contribution in [0.3, 0.4) is 0 Å². The molecule has 2 aromatic rings. The van der Waals surface area contributed by atoms with Crippen LogP contribution in [0, 0.1) is 0 Å². The van der Waals surface area contributed by atoms with Crippen molar-refractivity contribution in [2.24, 2.45) is 0 Å². The highest BCUT2D eigenvalue weighted by Crippen LogP contribution is 2.32. The first-order chi connectivity index (χ1) is 8.11. The van der Waals surface area contributed by atoms with Gasteiger partial charge in [-0.2, -0.15) is 0 Å². The van der Waals surface area contributed by atoms with Crippen LogP contribution in [0.4, 0.5) is 11.4 Å². The summed E-state index contributed by atoms with van der Waals surface area (Å²) in [5.74, 6) is 1.65. The van der Waals surface area contributed by atoms with Gasteiger partial charge in [0.15, 0.2) is 0 Å². The fraction of sp³-hybridized carbons (Fsp3) is 0.143. The lowest BCUT2D eigenvalue weighted by atomic mass is 10.1. The summed E-state index contributed by atoms with van der Waals surface area (Å²) in [7, 11) is 0. The molecule has 88 valence electrons. The van der Waals surface area contributed by atoms with E-state index in [9.17, 15) is 0 Å². The number of hydrogen-bond acceptors (Lipinski definition) is 3. The Kier molecular flexibility index (Phi) is 2.91. The van der Waals surface area contributed by atoms with Gasteiger partial charge in [0.1, 0.15) is 5.75 Å². The first-order valence-corrected chi connectivity index (χ1v) is 5.50. The second-order valence-corrected chi connectivity index (χ2v) is 3.96. The summed E-state index contributed by atoms with van der Waals surface area (Å²) >= 11 is 0. The molecular weight excluding hydrogens is 212 g/mol. The summed E-state index contributed by atoms with van der Waals surface area (Å²) in [6.07, 6.45) is 1.92. The Bertz CT molecular complexity index is 588. The molecule has 2 rings (SSSR count). The van der Waals surface area contributed by atoms with Crippen LogP contribution in [-0.2, 0) is 0 Å². The van der Waals surface area contributed by atoms with E-state index in [-0.39, 0.29) is 0 Å². The average Bonchev–Trinajstić information content (AvgIpc) is 2.33. The smallest absolute Gasteiger partial charge is 0.134 e. The van der Waals surface area contributed by atoms with Crippen molar-refractivity contribution in [3.8, 4) is 5.75 Å². The van der Waals surface area contributed by atoms with E-state index >= 15 is 0 Å². The van der Waals surface area contributed by atoms with Gasteiger partial charge in [-0.3, -0.25) is 0 Å². The number of benzene rings is 2. The van der Waals surface area contributed by atoms with E-state index in [1.54, 1.807) is 0 Å². The van der Waals surface area contributed by atoms with Gasteiger partial charge in [-0.05, 0) is 50.3 Å². The van der Waals surface area contributed by atoms with Crippen LogP contribution in [-0.4, -0.2) is 0 Å². The van der Waals surface area contributed by atoms with Crippen molar-refractivity contribution in [3.05, 3.63) is 42.2 Å². The minimum Gasteiger partial charge on any atom is -0.462 e. The SMILES string of the molecule is CC=C(C)Oc1ccc(N)c2cc(N)ccc12. The maximum absolute atomic E-state index is 5.93. The summed E-state index contributed by atoms with van der Waals surface area (Å²) in [5.41, 5.74) is 13.1. The van der Waals surface area contributed by atoms with E-state index in [0.717, 1.165) is 22.3 Å². The number of fused-ring (bicyclic) bond motifs is 1. The van der Waals surface area contributed by atoms with E-state index in [4.69, 9.17) is 16.2 Å². The molecule has 0 heterocycles. The lowest BCUT2D eigenvalue weighted by molar-refractivity contribution is 0.432. The van der Waals surface area contributed by atoms with E-state index in [1.165, 1.54) is 0 Å². The van der Waals surface area contributed by atoms with Crippen LogP contribution in [0.1, 0.15) is 13.8 Å². The molecule has 0 aliphatic heterocycles. The number of anilines is 2. The zero-order valence-electron chi connectivity index (χ0n) is 10.0. The first kappa shape index (κ1) is 11.3. The van der Waals surface area contributed by atoms with Crippen molar-refractivity contribution in [2.45, 2.75) is 13.8 Å². The van der Waals surface area contributed by atoms with Gasteiger partial charge in [0, 0.05) is 22.1 Å². The van der Waals surface area contributed by atoms with Gasteiger partial charge in [0.05, 0.1) is 5.76 Å². The largest absolute Gasteiger partial charge is 0.462 e. The molecule has 17 heavy (non-hydrogen) atoms. The summed E-state index contributed by atoms with van der Waals surface area (Å²) < 4.78 is 5.74. The van der Waals surface area contributed by atoms with Crippen molar-refractivity contribution in [1.82, 2.24) is 0 Å². The highest BCUT2D eigenvalue weighted by Gasteiger charge is 2.06. The maximum atomic E-state index is 5.93. The van der Waals surface area contributed by atoms with Crippen molar-refractivity contribution in [3.63, 3.8) is 0 Å². The van der Waals surface area contributed by atoms with Crippen LogP contribution in [0.25, 0.3) is 10.8 Å². The lowest BCUT2D eigenvalue weighted by Crippen LogP contribution is -1.95. The molecule has 4 N–H and O–H groups in total. The van der Waals surface area contributed by atoms with Crippen LogP contribution < -0.4 is 16.2 Å². The molecule has 0 aliphatic rings. The number of rotatable bonds is 2.